The summed E-state index contributed by atoms with van der Waals surface area (Å²) in [6.07, 6.45) is -2.90. The Labute approximate surface area is 241 Å². The smallest absolute Gasteiger partial charge is 0.330 e. The Morgan fingerprint density at radius 2 is 1.48 bits per heavy atom. The molecule has 0 saturated carbocycles. The van der Waals surface area contributed by atoms with Crippen molar-refractivity contribution in [2.45, 2.75) is 42.8 Å². The molecule has 1 aromatic heterocycles. The summed E-state index contributed by atoms with van der Waals surface area (Å²) < 4.78 is 18.1. The number of benzene rings is 3. The second-order valence-electron chi connectivity index (χ2n) is 10.4. The monoisotopic (exact) mass is 572 g/mol. The predicted octanol–water partition coefficient (Wildman–Crippen LogP) is 2.48. The van der Waals surface area contributed by atoms with Gasteiger partial charge in [-0.15, -0.1) is 0 Å². The van der Waals surface area contributed by atoms with E-state index in [2.05, 4.69) is 4.98 Å². The summed E-state index contributed by atoms with van der Waals surface area (Å²) in [6, 6.07) is 23.5. The summed E-state index contributed by atoms with van der Waals surface area (Å²) in [5.41, 5.74) is -2.74. The zero-order valence-corrected chi connectivity index (χ0v) is 23.4. The lowest BCUT2D eigenvalue weighted by molar-refractivity contribution is -0.147. The first-order valence-corrected chi connectivity index (χ1v) is 13.4. The molecule has 0 bridgehead atoms. The average molecular weight is 573 g/mol. The number of hydrogen-bond acceptors (Lipinski definition) is 8. The highest BCUT2D eigenvalue weighted by Crippen LogP contribution is 2.49. The number of aryl methyl sites for hydroxylation is 1. The van der Waals surface area contributed by atoms with Gasteiger partial charge in [-0.25, -0.2) is 4.79 Å². The van der Waals surface area contributed by atoms with Gasteiger partial charge in [0, 0.05) is 18.2 Å². The molecule has 0 amide bonds. The van der Waals surface area contributed by atoms with E-state index in [9.17, 15) is 24.6 Å². The second kappa shape index (κ2) is 11.4. The number of hydrogen-bond donors (Lipinski definition) is 3. The van der Waals surface area contributed by atoms with Crippen LogP contribution in [0.5, 0.6) is 11.5 Å². The van der Waals surface area contributed by atoms with Gasteiger partial charge in [-0.1, -0.05) is 54.6 Å². The van der Waals surface area contributed by atoms with Crippen LogP contribution in [0.1, 0.15) is 34.9 Å². The van der Waals surface area contributed by atoms with E-state index in [1.54, 1.807) is 38.5 Å². The molecule has 5 rings (SSSR count). The highest BCUT2D eigenvalue weighted by atomic mass is 16.6. The topological polar surface area (TPSA) is 140 Å². The molecule has 10 nitrogen and oxygen atoms in total. The zero-order valence-electron chi connectivity index (χ0n) is 23.4. The van der Waals surface area contributed by atoms with Crippen molar-refractivity contribution < 1.29 is 29.2 Å². The van der Waals surface area contributed by atoms with Gasteiger partial charge >= 0.3 is 5.69 Å². The Kier molecular flexibility index (Phi) is 7.87. The number of rotatable bonds is 9. The molecular formula is C32H32N2O8. The van der Waals surface area contributed by atoms with Crippen LogP contribution >= 0.6 is 0 Å². The molecule has 0 radical (unpaired) electrons. The fourth-order valence-corrected chi connectivity index (χ4v) is 5.81. The van der Waals surface area contributed by atoms with Crippen LogP contribution in [0.3, 0.4) is 0 Å². The van der Waals surface area contributed by atoms with Crippen LogP contribution in [-0.4, -0.2) is 58.1 Å². The van der Waals surface area contributed by atoms with Gasteiger partial charge in [0.05, 0.1) is 19.6 Å². The summed E-state index contributed by atoms with van der Waals surface area (Å²) in [7, 11) is 3.10. The number of methoxy groups -OCH3 is 2. The molecule has 1 aliphatic rings. The van der Waals surface area contributed by atoms with Crippen molar-refractivity contribution in [2.75, 3.05) is 14.2 Å². The minimum Gasteiger partial charge on any atom is -0.497 e. The summed E-state index contributed by atoms with van der Waals surface area (Å²) in [4.78, 5) is 39.4. The van der Waals surface area contributed by atoms with Crippen molar-refractivity contribution in [2.24, 2.45) is 0 Å². The van der Waals surface area contributed by atoms with Gasteiger partial charge in [0.1, 0.15) is 29.9 Å². The van der Waals surface area contributed by atoms with E-state index in [1.165, 1.54) is 13.1 Å². The number of carbonyl (C=O) groups excluding carboxylic acids is 1. The molecule has 218 valence electrons. The average Bonchev–Trinajstić information content (AvgIpc) is 3.38. The van der Waals surface area contributed by atoms with E-state index >= 15 is 0 Å². The highest BCUT2D eigenvalue weighted by Gasteiger charge is 2.58. The molecule has 1 unspecified atom stereocenters. The number of ether oxygens (including phenoxy) is 3. The Morgan fingerprint density at radius 1 is 0.952 bits per heavy atom. The summed E-state index contributed by atoms with van der Waals surface area (Å²) in [5, 5.41) is 24.2. The highest BCUT2D eigenvalue weighted by molar-refractivity contribution is 5.65. The Morgan fingerprint density at radius 3 is 1.98 bits per heavy atom. The minimum atomic E-state index is -2.19. The number of nitrogens with zero attached hydrogens (tertiary/aromatic N) is 1. The predicted molar refractivity (Wildman–Crippen MR) is 154 cm³/mol. The van der Waals surface area contributed by atoms with Crippen molar-refractivity contribution in [3.8, 4) is 11.5 Å². The van der Waals surface area contributed by atoms with Gasteiger partial charge in [0.25, 0.3) is 5.56 Å². The molecule has 1 saturated heterocycles. The molecule has 4 aromatic rings. The number of aromatic amines is 1. The fourth-order valence-electron chi connectivity index (χ4n) is 5.81. The van der Waals surface area contributed by atoms with Crippen LogP contribution in [0.15, 0.2) is 94.6 Å². The Balaban J connectivity index is 1.74. The lowest BCUT2D eigenvalue weighted by Crippen LogP contribution is -2.56. The third-order valence-corrected chi connectivity index (χ3v) is 8.01. The van der Waals surface area contributed by atoms with Gasteiger partial charge in [0.15, 0.2) is 11.9 Å². The molecule has 3 aromatic carbocycles. The Hall–Kier alpha value is -4.51. The number of carbonyl (C=O) groups is 1. The summed E-state index contributed by atoms with van der Waals surface area (Å²) in [5.74, 6) is 1.19. The van der Waals surface area contributed by atoms with Crippen molar-refractivity contribution in [1.29, 1.82) is 0 Å². The number of nitrogens with one attached hydrogen (secondary N) is 1. The second-order valence-corrected chi connectivity index (χ2v) is 10.4. The van der Waals surface area contributed by atoms with Crippen LogP contribution in [0.25, 0.3) is 0 Å². The first kappa shape index (κ1) is 29.0. The quantitative estimate of drug-likeness (QED) is 0.205. The molecule has 10 heteroatoms. The number of aromatic nitrogens is 2. The van der Waals surface area contributed by atoms with Gasteiger partial charge in [-0.3, -0.25) is 14.3 Å². The molecule has 42 heavy (non-hydrogen) atoms. The molecule has 2 heterocycles. The van der Waals surface area contributed by atoms with Gasteiger partial charge in [-0.2, -0.15) is 0 Å². The van der Waals surface area contributed by atoms with E-state index in [-0.39, 0.29) is 12.0 Å². The van der Waals surface area contributed by atoms with E-state index < -0.39 is 40.7 Å². The van der Waals surface area contributed by atoms with Gasteiger partial charge < -0.3 is 29.2 Å². The maximum absolute atomic E-state index is 12.7. The zero-order chi connectivity index (χ0) is 30.1. The summed E-state index contributed by atoms with van der Waals surface area (Å²) >= 11 is 0. The number of H-pyrrole nitrogens is 1. The van der Waals surface area contributed by atoms with E-state index in [1.807, 2.05) is 54.6 Å². The SMILES string of the molecule is COc1ccc(C(c2ccccc2)(c2ccc(OC)cc2)C(O)[C@H]2O[C@@H](n3cc(C)c(=O)[nH]c3=O)C[C@@]2(O)C=O)cc1. The van der Waals surface area contributed by atoms with Crippen LogP contribution in [-0.2, 0) is 14.9 Å². The molecule has 0 spiro atoms. The van der Waals surface area contributed by atoms with Gasteiger partial charge in [0.2, 0.25) is 0 Å². The fraction of sp³-hybridized carbons (Fsp3) is 0.281. The molecular weight excluding hydrogens is 540 g/mol. The third-order valence-electron chi connectivity index (χ3n) is 8.01. The lowest BCUT2D eigenvalue weighted by atomic mass is 9.63. The molecule has 1 fully saturated rings. The van der Waals surface area contributed by atoms with Crippen LogP contribution in [0.2, 0.25) is 0 Å². The lowest BCUT2D eigenvalue weighted by Gasteiger charge is -2.44. The van der Waals surface area contributed by atoms with Crippen LogP contribution < -0.4 is 20.7 Å². The number of aliphatic hydroxyl groups is 2. The minimum absolute atomic E-state index is 0.243. The first-order chi connectivity index (χ1) is 20.2. The number of aliphatic hydroxyl groups excluding tert-OH is 1. The molecule has 0 aliphatic carbocycles. The van der Waals surface area contributed by atoms with E-state index in [0.29, 0.717) is 34.5 Å². The Bertz CT molecular complexity index is 1620. The standard InChI is InChI=1S/C32H32N2O8/c1-20-18-34(30(38)33-29(20)37)26-17-31(39,19-35)28(42-26)27(36)32(21-7-5-4-6-8-21,22-9-13-24(40-2)14-10-22)23-11-15-25(41-3)16-12-23/h4-16,18-19,26-28,36,39H,17H2,1-3H3,(H,33,37,38)/t26-,27?,28-,31-/m1/s1. The molecule has 3 N–H and O–H groups in total. The van der Waals surface area contributed by atoms with Crippen molar-refractivity contribution in [3.05, 3.63) is 128 Å². The third kappa shape index (κ3) is 4.83. The summed E-state index contributed by atoms with van der Waals surface area (Å²) in [6.45, 7) is 1.52. The van der Waals surface area contributed by atoms with Crippen LogP contribution in [0, 0.1) is 6.92 Å². The van der Waals surface area contributed by atoms with Crippen molar-refractivity contribution in [3.63, 3.8) is 0 Å². The maximum Gasteiger partial charge on any atom is 0.330 e. The molecule has 1 aliphatic heterocycles. The van der Waals surface area contributed by atoms with E-state index in [0.717, 1.165) is 4.57 Å². The van der Waals surface area contributed by atoms with E-state index in [4.69, 9.17) is 14.2 Å². The van der Waals surface area contributed by atoms with Crippen molar-refractivity contribution in [1.82, 2.24) is 9.55 Å². The van der Waals surface area contributed by atoms with Crippen LogP contribution in [0.4, 0.5) is 0 Å². The first-order valence-electron chi connectivity index (χ1n) is 13.4. The number of aldehydes is 1. The largest absolute Gasteiger partial charge is 0.497 e. The maximum atomic E-state index is 12.7. The van der Waals surface area contributed by atoms with Crippen molar-refractivity contribution >= 4 is 6.29 Å². The molecule has 4 atom stereocenters. The van der Waals surface area contributed by atoms with Gasteiger partial charge in [-0.05, 0) is 47.9 Å². The normalized spacial score (nSPS) is 21.1.